The Labute approximate surface area is 98.0 Å². The Morgan fingerprint density at radius 2 is 1.88 bits per heavy atom. The van der Waals surface area contributed by atoms with E-state index in [1.54, 1.807) is 0 Å². The summed E-state index contributed by atoms with van der Waals surface area (Å²) in [5.41, 5.74) is 16.1. The van der Waals surface area contributed by atoms with Crippen molar-refractivity contribution in [1.29, 1.82) is 0 Å². The molecule has 16 heavy (non-hydrogen) atoms. The minimum Gasteiger partial charge on any atom is -0.330 e. The summed E-state index contributed by atoms with van der Waals surface area (Å²) >= 11 is 0. The second-order valence-corrected chi connectivity index (χ2v) is 4.97. The second kappa shape index (κ2) is 4.98. The number of fused-ring (bicyclic) bond motifs is 1. The highest BCUT2D eigenvalue weighted by atomic mass is 14.7. The van der Waals surface area contributed by atoms with Crippen LogP contribution in [-0.2, 0) is 12.8 Å². The van der Waals surface area contributed by atoms with E-state index >= 15 is 0 Å². The molecule has 2 unspecified atom stereocenters. The van der Waals surface area contributed by atoms with E-state index in [-0.39, 0.29) is 6.04 Å². The van der Waals surface area contributed by atoms with Crippen molar-refractivity contribution in [2.24, 2.45) is 17.4 Å². The minimum absolute atomic E-state index is 0.0808. The van der Waals surface area contributed by atoms with E-state index in [0.29, 0.717) is 12.5 Å². The SMILES string of the molecule is CC(CN)C(N)c1ccc2c(c1)CCCC2. The Bertz CT molecular complexity index is 360. The Balaban J connectivity index is 2.22. The highest BCUT2D eigenvalue weighted by Crippen LogP contribution is 2.26. The fourth-order valence-corrected chi connectivity index (χ4v) is 2.44. The van der Waals surface area contributed by atoms with E-state index in [9.17, 15) is 0 Å². The minimum atomic E-state index is 0.0808. The lowest BCUT2D eigenvalue weighted by Crippen LogP contribution is -2.25. The van der Waals surface area contributed by atoms with E-state index in [2.05, 4.69) is 25.1 Å². The summed E-state index contributed by atoms with van der Waals surface area (Å²) in [6.07, 6.45) is 5.10. The number of hydrogen-bond acceptors (Lipinski definition) is 2. The molecule has 0 spiro atoms. The molecule has 0 bridgehead atoms. The van der Waals surface area contributed by atoms with Gasteiger partial charge in [-0.15, -0.1) is 0 Å². The van der Waals surface area contributed by atoms with Gasteiger partial charge in [-0.2, -0.15) is 0 Å². The fraction of sp³-hybridized carbons (Fsp3) is 0.571. The van der Waals surface area contributed by atoms with Crippen LogP contribution >= 0.6 is 0 Å². The molecule has 1 aliphatic carbocycles. The maximum Gasteiger partial charge on any atom is 0.0333 e. The van der Waals surface area contributed by atoms with Crippen LogP contribution in [0.25, 0.3) is 0 Å². The Morgan fingerprint density at radius 1 is 1.19 bits per heavy atom. The van der Waals surface area contributed by atoms with Gasteiger partial charge in [-0.3, -0.25) is 0 Å². The van der Waals surface area contributed by atoms with Gasteiger partial charge in [0.2, 0.25) is 0 Å². The Morgan fingerprint density at radius 3 is 2.56 bits per heavy atom. The van der Waals surface area contributed by atoms with Crippen molar-refractivity contribution in [2.45, 2.75) is 38.6 Å². The van der Waals surface area contributed by atoms with Gasteiger partial charge in [0.05, 0.1) is 0 Å². The Hall–Kier alpha value is -0.860. The monoisotopic (exact) mass is 218 g/mol. The number of nitrogens with two attached hydrogens (primary N) is 2. The zero-order valence-corrected chi connectivity index (χ0v) is 10.1. The van der Waals surface area contributed by atoms with Gasteiger partial charge in [-0.1, -0.05) is 25.1 Å². The molecular weight excluding hydrogens is 196 g/mol. The molecule has 4 N–H and O–H groups in total. The average molecular weight is 218 g/mol. The maximum atomic E-state index is 6.20. The topological polar surface area (TPSA) is 52.0 Å². The van der Waals surface area contributed by atoms with Crippen molar-refractivity contribution in [3.05, 3.63) is 34.9 Å². The zero-order valence-electron chi connectivity index (χ0n) is 10.1. The van der Waals surface area contributed by atoms with Gasteiger partial charge in [-0.05, 0) is 54.8 Å². The number of rotatable bonds is 3. The molecular formula is C14H22N2. The third kappa shape index (κ3) is 2.28. The number of aryl methyl sites for hydroxylation is 2. The molecule has 0 aromatic heterocycles. The largest absolute Gasteiger partial charge is 0.330 e. The lowest BCUT2D eigenvalue weighted by molar-refractivity contribution is 0.480. The van der Waals surface area contributed by atoms with Crippen LogP contribution in [0.3, 0.4) is 0 Å². The predicted molar refractivity (Wildman–Crippen MR) is 68.2 cm³/mol. The normalized spacial score (nSPS) is 18.9. The highest BCUT2D eigenvalue weighted by Gasteiger charge is 2.16. The standard InChI is InChI=1S/C14H22N2/c1-10(9-15)14(16)13-7-6-11-4-2-3-5-12(11)8-13/h6-8,10,14H,2-5,9,15-16H2,1H3. The summed E-state index contributed by atoms with van der Waals surface area (Å²) in [4.78, 5) is 0. The predicted octanol–water partition coefficient (Wildman–Crippen LogP) is 2.16. The first kappa shape index (κ1) is 11.6. The fourth-order valence-electron chi connectivity index (χ4n) is 2.44. The molecule has 1 aromatic rings. The molecule has 0 saturated heterocycles. The molecule has 88 valence electrons. The lowest BCUT2D eigenvalue weighted by atomic mass is 9.87. The van der Waals surface area contributed by atoms with Crippen molar-refractivity contribution in [2.75, 3.05) is 6.54 Å². The molecule has 0 heterocycles. The number of hydrogen-bond donors (Lipinski definition) is 2. The molecule has 0 saturated carbocycles. The third-order valence-corrected chi connectivity index (χ3v) is 3.74. The molecule has 1 aliphatic rings. The summed E-state index contributed by atoms with van der Waals surface area (Å²) in [6.45, 7) is 2.77. The third-order valence-electron chi connectivity index (χ3n) is 3.74. The van der Waals surface area contributed by atoms with Crippen molar-refractivity contribution in [3.8, 4) is 0 Å². The van der Waals surface area contributed by atoms with Crippen LogP contribution in [0.15, 0.2) is 18.2 Å². The van der Waals surface area contributed by atoms with Crippen molar-refractivity contribution >= 4 is 0 Å². The average Bonchev–Trinajstić information content (AvgIpc) is 2.36. The van der Waals surface area contributed by atoms with E-state index in [1.165, 1.54) is 42.4 Å². The van der Waals surface area contributed by atoms with Crippen LogP contribution < -0.4 is 11.5 Å². The molecule has 2 atom stereocenters. The quantitative estimate of drug-likeness (QED) is 0.817. The second-order valence-electron chi connectivity index (χ2n) is 4.97. The van der Waals surface area contributed by atoms with Gasteiger partial charge in [0.25, 0.3) is 0 Å². The first-order chi connectivity index (χ1) is 7.72. The first-order valence-electron chi connectivity index (χ1n) is 6.29. The van der Waals surface area contributed by atoms with Gasteiger partial charge >= 0.3 is 0 Å². The summed E-state index contributed by atoms with van der Waals surface area (Å²) in [5.74, 6) is 0.349. The molecule has 0 aliphatic heterocycles. The summed E-state index contributed by atoms with van der Waals surface area (Å²) in [6, 6.07) is 6.82. The van der Waals surface area contributed by atoms with E-state index < -0.39 is 0 Å². The van der Waals surface area contributed by atoms with E-state index in [0.717, 1.165) is 0 Å². The maximum absolute atomic E-state index is 6.20. The summed E-state index contributed by atoms with van der Waals surface area (Å²) < 4.78 is 0. The van der Waals surface area contributed by atoms with Crippen LogP contribution in [0.1, 0.15) is 42.5 Å². The van der Waals surface area contributed by atoms with E-state index in [4.69, 9.17) is 11.5 Å². The van der Waals surface area contributed by atoms with Gasteiger partial charge < -0.3 is 11.5 Å². The van der Waals surface area contributed by atoms with Crippen LogP contribution in [-0.4, -0.2) is 6.54 Å². The molecule has 1 aromatic carbocycles. The van der Waals surface area contributed by atoms with Crippen molar-refractivity contribution in [1.82, 2.24) is 0 Å². The van der Waals surface area contributed by atoms with E-state index in [1.807, 2.05) is 0 Å². The Kier molecular flexibility index (Phi) is 3.62. The lowest BCUT2D eigenvalue weighted by Gasteiger charge is -2.22. The molecule has 0 amide bonds. The smallest absolute Gasteiger partial charge is 0.0333 e. The molecule has 0 fully saturated rings. The molecule has 2 heteroatoms. The first-order valence-corrected chi connectivity index (χ1v) is 6.29. The van der Waals surface area contributed by atoms with Crippen molar-refractivity contribution in [3.63, 3.8) is 0 Å². The molecule has 0 radical (unpaired) electrons. The van der Waals surface area contributed by atoms with Gasteiger partial charge in [0.1, 0.15) is 0 Å². The van der Waals surface area contributed by atoms with Gasteiger partial charge in [0, 0.05) is 6.04 Å². The van der Waals surface area contributed by atoms with Crippen molar-refractivity contribution < 1.29 is 0 Å². The van der Waals surface area contributed by atoms with Gasteiger partial charge in [-0.25, -0.2) is 0 Å². The van der Waals surface area contributed by atoms with Gasteiger partial charge in [0.15, 0.2) is 0 Å². The van der Waals surface area contributed by atoms with Crippen LogP contribution in [0, 0.1) is 5.92 Å². The number of benzene rings is 1. The summed E-state index contributed by atoms with van der Waals surface area (Å²) in [7, 11) is 0. The molecule has 2 nitrogen and oxygen atoms in total. The van der Waals surface area contributed by atoms with Crippen LogP contribution in [0.2, 0.25) is 0 Å². The van der Waals surface area contributed by atoms with Crippen LogP contribution in [0.4, 0.5) is 0 Å². The van der Waals surface area contributed by atoms with Crippen LogP contribution in [0.5, 0.6) is 0 Å². The molecule has 2 rings (SSSR count). The highest BCUT2D eigenvalue weighted by molar-refractivity contribution is 5.35. The zero-order chi connectivity index (χ0) is 11.5. The summed E-state index contributed by atoms with van der Waals surface area (Å²) in [5, 5.41) is 0.